The summed E-state index contributed by atoms with van der Waals surface area (Å²) < 4.78 is 31.9. The molecule has 8 nitrogen and oxygen atoms in total. The lowest BCUT2D eigenvalue weighted by Gasteiger charge is -2.34. The van der Waals surface area contributed by atoms with Crippen molar-refractivity contribution >= 4 is 50.7 Å². The van der Waals surface area contributed by atoms with E-state index in [1.165, 1.54) is 17.5 Å². The molecule has 0 bridgehead atoms. The Labute approximate surface area is 276 Å². The number of hydrogen-bond acceptors (Lipinski definition) is 5. The Bertz CT molecular complexity index is 1550. The molecule has 4 rings (SSSR count). The summed E-state index contributed by atoms with van der Waals surface area (Å²) in [5.41, 5.74) is 2.11. The van der Waals surface area contributed by atoms with Crippen molar-refractivity contribution < 1.29 is 22.7 Å². The fourth-order valence-electron chi connectivity index (χ4n) is 5.74. The van der Waals surface area contributed by atoms with E-state index in [2.05, 4.69) is 5.32 Å². The molecule has 0 heterocycles. The van der Waals surface area contributed by atoms with Gasteiger partial charge in [-0.15, -0.1) is 0 Å². The van der Waals surface area contributed by atoms with E-state index in [1.807, 2.05) is 42.5 Å². The quantitative estimate of drug-likeness (QED) is 0.207. The predicted octanol–water partition coefficient (Wildman–Crippen LogP) is 6.64. The van der Waals surface area contributed by atoms with Gasteiger partial charge in [-0.05, 0) is 60.7 Å². The highest BCUT2D eigenvalue weighted by molar-refractivity contribution is 7.92. The number of rotatable bonds is 14. The van der Waals surface area contributed by atoms with Crippen molar-refractivity contribution in [1.82, 2.24) is 10.2 Å². The van der Waals surface area contributed by atoms with Crippen LogP contribution in [-0.2, 0) is 32.6 Å². The first-order valence-corrected chi connectivity index (χ1v) is 17.8. The minimum Gasteiger partial charge on any atom is -0.495 e. The van der Waals surface area contributed by atoms with Gasteiger partial charge < -0.3 is 15.0 Å². The van der Waals surface area contributed by atoms with Crippen LogP contribution < -0.4 is 14.4 Å². The molecule has 1 aliphatic carbocycles. The van der Waals surface area contributed by atoms with Crippen LogP contribution in [0, 0.1) is 0 Å². The van der Waals surface area contributed by atoms with Gasteiger partial charge in [0, 0.05) is 37.0 Å². The number of carbonyl (C=O) groups excluding carboxylic acids is 2. The number of halogens is 2. The Kier molecular flexibility index (Phi) is 12.6. The van der Waals surface area contributed by atoms with Gasteiger partial charge in [-0.3, -0.25) is 13.9 Å². The molecule has 242 valence electrons. The molecule has 0 spiro atoms. The van der Waals surface area contributed by atoms with Gasteiger partial charge in [-0.2, -0.15) is 0 Å². The van der Waals surface area contributed by atoms with E-state index in [0.717, 1.165) is 49.5 Å². The zero-order valence-electron chi connectivity index (χ0n) is 25.8. The Morgan fingerprint density at radius 3 is 2.31 bits per heavy atom. The second-order valence-electron chi connectivity index (χ2n) is 11.5. The summed E-state index contributed by atoms with van der Waals surface area (Å²) >= 11 is 12.6. The molecule has 1 fully saturated rings. The van der Waals surface area contributed by atoms with Crippen LogP contribution in [0.5, 0.6) is 5.75 Å². The maximum absolute atomic E-state index is 14.1. The monoisotopic (exact) mass is 673 g/mol. The van der Waals surface area contributed by atoms with Crippen LogP contribution in [0.2, 0.25) is 10.0 Å². The van der Waals surface area contributed by atoms with Crippen LogP contribution in [0.3, 0.4) is 0 Å². The van der Waals surface area contributed by atoms with E-state index >= 15 is 0 Å². The van der Waals surface area contributed by atoms with Crippen molar-refractivity contribution in [2.45, 2.75) is 70.0 Å². The molecule has 3 aromatic rings. The fourth-order valence-corrected chi connectivity index (χ4v) is 7.17. The summed E-state index contributed by atoms with van der Waals surface area (Å²) in [7, 11) is -2.20. The molecule has 0 saturated heterocycles. The molecule has 0 aliphatic heterocycles. The number of nitrogens with one attached hydrogen (secondary N) is 1. The second kappa shape index (κ2) is 16.3. The van der Waals surface area contributed by atoms with Gasteiger partial charge in [0.2, 0.25) is 21.8 Å². The lowest BCUT2D eigenvalue weighted by atomic mass is 9.94. The third-order valence-corrected chi connectivity index (χ3v) is 9.76. The van der Waals surface area contributed by atoms with E-state index in [4.69, 9.17) is 27.9 Å². The van der Waals surface area contributed by atoms with Gasteiger partial charge in [-0.1, -0.05) is 84.9 Å². The van der Waals surface area contributed by atoms with Gasteiger partial charge in [-0.25, -0.2) is 8.42 Å². The van der Waals surface area contributed by atoms with E-state index < -0.39 is 16.1 Å². The lowest BCUT2D eigenvalue weighted by Crippen LogP contribution is -2.52. The molecule has 1 aliphatic rings. The number of methoxy groups -OCH3 is 1. The van der Waals surface area contributed by atoms with Crippen molar-refractivity contribution in [3.05, 3.63) is 94.0 Å². The Balaban J connectivity index is 1.59. The smallest absolute Gasteiger partial charge is 0.243 e. The van der Waals surface area contributed by atoms with Crippen LogP contribution >= 0.6 is 23.2 Å². The molecule has 1 saturated carbocycles. The zero-order chi connectivity index (χ0) is 32.4. The largest absolute Gasteiger partial charge is 0.495 e. The Morgan fingerprint density at radius 2 is 1.67 bits per heavy atom. The van der Waals surface area contributed by atoms with Crippen molar-refractivity contribution in [3.8, 4) is 5.75 Å². The normalized spacial score (nSPS) is 14.4. The second-order valence-corrected chi connectivity index (χ2v) is 14.2. The highest BCUT2D eigenvalue weighted by Gasteiger charge is 2.32. The summed E-state index contributed by atoms with van der Waals surface area (Å²) in [6.07, 6.45) is 6.83. The van der Waals surface area contributed by atoms with Crippen LogP contribution in [0.25, 0.3) is 0 Å². The number of carbonyl (C=O) groups is 2. The number of benzene rings is 3. The summed E-state index contributed by atoms with van der Waals surface area (Å²) in [4.78, 5) is 29.7. The minimum absolute atomic E-state index is 0.0263. The Hall–Kier alpha value is -3.27. The first kappa shape index (κ1) is 34.6. The van der Waals surface area contributed by atoms with Crippen LogP contribution in [0.4, 0.5) is 5.69 Å². The van der Waals surface area contributed by atoms with E-state index in [0.29, 0.717) is 22.9 Å². The maximum atomic E-state index is 14.1. The maximum Gasteiger partial charge on any atom is 0.243 e. The third kappa shape index (κ3) is 10.1. The molecule has 3 aromatic carbocycles. The number of sulfonamides is 1. The first-order chi connectivity index (χ1) is 21.5. The standard InChI is InChI=1S/C34H41Cl2N3O5S/c1-44-32-19-18-29(23-30(32)36)39(45(2,42)43)20-10-17-33(40)38(24-26-13-9-14-27(35)21-26)31(22-25-11-5-3-6-12-25)34(41)37-28-15-7-4-8-16-28/h3,5-6,9,11-14,18-19,21,23,28,31H,4,7-8,10,15-17,20,22,24H2,1-2H3,(H,37,41)/t31-/m1/s1. The molecule has 11 heteroatoms. The first-order valence-electron chi connectivity index (χ1n) is 15.2. The van der Waals surface area contributed by atoms with Crippen molar-refractivity contribution in [2.75, 3.05) is 24.2 Å². The van der Waals surface area contributed by atoms with Gasteiger partial charge in [0.1, 0.15) is 11.8 Å². The van der Waals surface area contributed by atoms with Crippen LogP contribution in [0.15, 0.2) is 72.8 Å². The highest BCUT2D eigenvalue weighted by Crippen LogP contribution is 2.30. The molecule has 0 aromatic heterocycles. The molecule has 45 heavy (non-hydrogen) atoms. The van der Waals surface area contributed by atoms with Crippen LogP contribution in [0.1, 0.15) is 56.1 Å². The predicted molar refractivity (Wildman–Crippen MR) is 180 cm³/mol. The number of ether oxygens (including phenoxy) is 1. The average Bonchev–Trinajstić information content (AvgIpc) is 3.01. The molecular weight excluding hydrogens is 633 g/mol. The number of hydrogen-bond donors (Lipinski definition) is 1. The summed E-state index contributed by atoms with van der Waals surface area (Å²) in [6.45, 7) is 0.231. The van der Waals surface area contributed by atoms with E-state index in [-0.39, 0.29) is 48.8 Å². The minimum atomic E-state index is -3.68. The molecular formula is C34H41Cl2N3O5S. The van der Waals surface area contributed by atoms with Gasteiger partial charge in [0.15, 0.2) is 0 Å². The van der Waals surface area contributed by atoms with Gasteiger partial charge in [0.25, 0.3) is 0 Å². The molecule has 2 amide bonds. The summed E-state index contributed by atoms with van der Waals surface area (Å²) in [5, 5.41) is 4.05. The lowest BCUT2D eigenvalue weighted by molar-refractivity contribution is -0.141. The number of nitrogens with zero attached hydrogens (tertiary/aromatic N) is 2. The highest BCUT2D eigenvalue weighted by atomic mass is 35.5. The van der Waals surface area contributed by atoms with Crippen molar-refractivity contribution in [3.63, 3.8) is 0 Å². The van der Waals surface area contributed by atoms with E-state index in [9.17, 15) is 18.0 Å². The molecule has 0 radical (unpaired) electrons. The molecule has 0 unspecified atom stereocenters. The SMILES string of the molecule is COc1ccc(N(CCCC(=O)N(Cc2cccc(Cl)c2)[C@H](Cc2ccccc2)C(=O)NC2CCCCC2)S(C)(=O)=O)cc1Cl. The Morgan fingerprint density at radius 1 is 0.956 bits per heavy atom. The van der Waals surface area contributed by atoms with Crippen LogP contribution in [-0.4, -0.2) is 57.1 Å². The average molecular weight is 675 g/mol. The fraction of sp³-hybridized carbons (Fsp3) is 0.412. The topological polar surface area (TPSA) is 96.0 Å². The molecule has 1 N–H and O–H groups in total. The van der Waals surface area contributed by atoms with E-state index in [1.54, 1.807) is 29.2 Å². The zero-order valence-corrected chi connectivity index (χ0v) is 28.1. The summed E-state index contributed by atoms with van der Waals surface area (Å²) in [6, 6.07) is 21.0. The van der Waals surface area contributed by atoms with Gasteiger partial charge in [0.05, 0.1) is 24.1 Å². The third-order valence-electron chi connectivity index (χ3n) is 8.04. The van der Waals surface area contributed by atoms with Crippen molar-refractivity contribution in [1.29, 1.82) is 0 Å². The number of anilines is 1. The van der Waals surface area contributed by atoms with Gasteiger partial charge >= 0.3 is 0 Å². The molecule has 1 atom stereocenters. The van der Waals surface area contributed by atoms with Crippen molar-refractivity contribution in [2.24, 2.45) is 0 Å². The summed E-state index contributed by atoms with van der Waals surface area (Å²) in [5.74, 6) is -0.0145. The number of amides is 2.